The zero-order chi connectivity index (χ0) is 25.8. The van der Waals surface area contributed by atoms with Crippen LogP contribution in [0.1, 0.15) is 32.7 Å². The fourth-order valence-corrected chi connectivity index (χ4v) is 4.49. The number of aryl methyl sites for hydroxylation is 1. The van der Waals surface area contributed by atoms with Crippen LogP contribution in [0.2, 0.25) is 0 Å². The molecule has 0 saturated heterocycles. The number of nitrogens with zero attached hydrogens (tertiary/aromatic N) is 5. The Morgan fingerprint density at radius 1 is 0.892 bits per heavy atom. The van der Waals surface area contributed by atoms with Gasteiger partial charge < -0.3 is 9.47 Å². The molecule has 0 radical (unpaired) electrons. The van der Waals surface area contributed by atoms with Gasteiger partial charge in [0.2, 0.25) is 0 Å². The Kier molecular flexibility index (Phi) is 6.48. The number of hydrogen-bond donors (Lipinski definition) is 0. The van der Waals surface area contributed by atoms with E-state index in [0.29, 0.717) is 29.8 Å². The van der Waals surface area contributed by atoms with Gasteiger partial charge >= 0.3 is 0 Å². The van der Waals surface area contributed by atoms with E-state index in [1.807, 2.05) is 54.1 Å². The van der Waals surface area contributed by atoms with E-state index >= 15 is 0 Å². The molecule has 0 saturated carbocycles. The first-order valence-electron chi connectivity index (χ1n) is 11.8. The average Bonchev–Trinajstić information content (AvgIpc) is 3.36. The summed E-state index contributed by atoms with van der Waals surface area (Å²) >= 11 is 0. The minimum absolute atomic E-state index is 0.151. The number of rotatable bonds is 6. The highest BCUT2D eigenvalue weighted by Gasteiger charge is 2.19. The molecule has 0 fully saturated rings. The van der Waals surface area contributed by atoms with Crippen LogP contribution in [0.3, 0.4) is 0 Å². The zero-order valence-electron chi connectivity index (χ0n) is 20.3. The molecule has 0 N–H and O–H groups in total. The summed E-state index contributed by atoms with van der Waals surface area (Å²) in [5, 5.41) is 21.2. The zero-order valence-corrected chi connectivity index (χ0v) is 20.3. The normalized spacial score (nSPS) is 10.6. The molecule has 1 aromatic heterocycles. The third kappa shape index (κ3) is 4.82. The van der Waals surface area contributed by atoms with Crippen LogP contribution in [0, 0.1) is 22.7 Å². The Labute approximate surface area is 215 Å². The highest BCUT2D eigenvalue weighted by atomic mass is 16.2. The molecule has 178 valence electrons. The largest absolute Gasteiger partial charge is 0.336 e. The van der Waals surface area contributed by atoms with E-state index in [9.17, 15) is 10.1 Å². The summed E-state index contributed by atoms with van der Waals surface area (Å²) in [6.07, 6.45) is 3.46. The van der Waals surface area contributed by atoms with Gasteiger partial charge in [-0.2, -0.15) is 10.5 Å². The molecule has 6 heteroatoms. The van der Waals surface area contributed by atoms with Gasteiger partial charge in [-0.05, 0) is 58.3 Å². The summed E-state index contributed by atoms with van der Waals surface area (Å²) in [6, 6.07) is 31.0. The summed E-state index contributed by atoms with van der Waals surface area (Å²) in [7, 11) is 1.90. The van der Waals surface area contributed by atoms with Crippen LogP contribution >= 0.6 is 0 Å². The molecule has 1 amide bonds. The molecule has 5 rings (SSSR count). The fourth-order valence-electron chi connectivity index (χ4n) is 4.49. The van der Waals surface area contributed by atoms with E-state index in [0.717, 1.165) is 33.2 Å². The fraction of sp³-hybridized carbons (Fsp3) is 0.0968. The molecule has 4 aromatic carbocycles. The quantitative estimate of drug-likeness (QED) is 0.306. The van der Waals surface area contributed by atoms with E-state index in [-0.39, 0.29) is 5.91 Å². The number of hydrogen-bond acceptors (Lipinski definition) is 4. The molecule has 0 bridgehead atoms. The number of aromatic nitrogens is 2. The molecule has 37 heavy (non-hydrogen) atoms. The topological polar surface area (TPSA) is 85.7 Å². The first-order chi connectivity index (χ1) is 18.1. The van der Waals surface area contributed by atoms with Crippen molar-refractivity contribution >= 4 is 16.7 Å². The second-order valence-corrected chi connectivity index (χ2v) is 8.86. The molecule has 0 unspecified atom stereocenters. The Morgan fingerprint density at radius 2 is 1.68 bits per heavy atom. The number of nitriles is 2. The average molecular weight is 482 g/mol. The van der Waals surface area contributed by atoms with E-state index in [2.05, 4.69) is 35.3 Å². The summed E-state index contributed by atoms with van der Waals surface area (Å²) in [6.45, 7) is 0.701. The van der Waals surface area contributed by atoms with Crippen molar-refractivity contribution in [2.75, 3.05) is 0 Å². The van der Waals surface area contributed by atoms with E-state index < -0.39 is 0 Å². The van der Waals surface area contributed by atoms with Crippen molar-refractivity contribution in [3.05, 3.63) is 125 Å². The first-order valence-corrected chi connectivity index (χ1v) is 11.8. The summed E-state index contributed by atoms with van der Waals surface area (Å²) in [5.41, 5.74) is 5.20. The summed E-state index contributed by atoms with van der Waals surface area (Å²) in [5.74, 6) is -0.151. The molecule has 0 aliphatic heterocycles. The van der Waals surface area contributed by atoms with Crippen LogP contribution in [0.5, 0.6) is 0 Å². The van der Waals surface area contributed by atoms with Crippen LogP contribution in [-0.2, 0) is 20.1 Å². The van der Waals surface area contributed by atoms with Crippen molar-refractivity contribution in [1.82, 2.24) is 14.5 Å². The van der Waals surface area contributed by atoms with Gasteiger partial charge in [-0.1, -0.05) is 48.5 Å². The van der Waals surface area contributed by atoms with Crippen molar-refractivity contribution in [1.29, 1.82) is 10.5 Å². The second kappa shape index (κ2) is 10.2. The molecular formula is C31H23N5O. The number of carbonyl (C=O) groups is 1. The molecule has 6 nitrogen and oxygen atoms in total. The smallest absolute Gasteiger partial charge is 0.254 e. The molecule has 0 aliphatic carbocycles. The minimum Gasteiger partial charge on any atom is -0.336 e. The van der Waals surface area contributed by atoms with Crippen LogP contribution in [-0.4, -0.2) is 20.4 Å². The van der Waals surface area contributed by atoms with Gasteiger partial charge in [0.25, 0.3) is 5.91 Å². The summed E-state index contributed by atoms with van der Waals surface area (Å²) in [4.78, 5) is 19.6. The molecule has 5 aromatic rings. The minimum atomic E-state index is -0.151. The van der Waals surface area contributed by atoms with E-state index in [4.69, 9.17) is 5.26 Å². The predicted octanol–water partition coefficient (Wildman–Crippen LogP) is 5.83. The standard InChI is InChI=1S/C31H23N5O/c1-35-21-34-18-27(35)20-36(31(37)25-12-9-22(16-32)10-13-25)19-23-11-14-26(17-33)30(15-23)29-8-4-6-24-5-2-3-7-28(24)29/h2-15,18,21H,19-20H2,1H3. The number of imidazole rings is 1. The predicted molar refractivity (Wildman–Crippen MR) is 142 cm³/mol. The van der Waals surface area contributed by atoms with Gasteiger partial charge in [0, 0.05) is 30.9 Å². The Morgan fingerprint density at radius 3 is 2.41 bits per heavy atom. The lowest BCUT2D eigenvalue weighted by atomic mass is 9.93. The van der Waals surface area contributed by atoms with Crippen LogP contribution in [0.25, 0.3) is 21.9 Å². The highest BCUT2D eigenvalue weighted by molar-refractivity contribution is 5.98. The third-order valence-corrected chi connectivity index (χ3v) is 6.48. The van der Waals surface area contributed by atoms with Crippen LogP contribution in [0.15, 0.2) is 97.5 Å². The number of amides is 1. The Hall–Kier alpha value is -5.20. The van der Waals surface area contributed by atoms with Gasteiger partial charge in [0.1, 0.15) is 0 Å². The monoisotopic (exact) mass is 481 g/mol. The van der Waals surface area contributed by atoms with Gasteiger partial charge in [0.15, 0.2) is 0 Å². The first kappa shape index (κ1) is 23.5. The van der Waals surface area contributed by atoms with Crippen molar-refractivity contribution < 1.29 is 4.79 Å². The van der Waals surface area contributed by atoms with Gasteiger partial charge in [-0.25, -0.2) is 4.98 Å². The van der Waals surface area contributed by atoms with Crippen molar-refractivity contribution in [3.63, 3.8) is 0 Å². The van der Waals surface area contributed by atoms with Crippen molar-refractivity contribution in [2.24, 2.45) is 7.05 Å². The molecule has 0 aliphatic rings. The van der Waals surface area contributed by atoms with Crippen molar-refractivity contribution in [3.8, 4) is 23.3 Å². The number of fused-ring (bicyclic) bond motifs is 1. The Bertz CT molecular complexity index is 1680. The second-order valence-electron chi connectivity index (χ2n) is 8.86. The van der Waals surface area contributed by atoms with Crippen LogP contribution < -0.4 is 0 Å². The highest BCUT2D eigenvalue weighted by Crippen LogP contribution is 2.32. The molecular weight excluding hydrogens is 458 g/mol. The molecule has 1 heterocycles. The lowest BCUT2D eigenvalue weighted by Crippen LogP contribution is -2.31. The maximum Gasteiger partial charge on any atom is 0.254 e. The third-order valence-electron chi connectivity index (χ3n) is 6.48. The maximum atomic E-state index is 13.6. The van der Waals surface area contributed by atoms with E-state index in [1.54, 1.807) is 41.7 Å². The lowest BCUT2D eigenvalue weighted by molar-refractivity contribution is 0.0726. The van der Waals surface area contributed by atoms with E-state index in [1.165, 1.54) is 0 Å². The van der Waals surface area contributed by atoms with Gasteiger partial charge in [-0.3, -0.25) is 4.79 Å². The number of carbonyl (C=O) groups excluding carboxylic acids is 1. The van der Waals surface area contributed by atoms with Gasteiger partial charge in [-0.15, -0.1) is 0 Å². The SMILES string of the molecule is Cn1cncc1CN(Cc1ccc(C#N)c(-c2cccc3ccccc23)c1)C(=O)c1ccc(C#N)cc1. The maximum absolute atomic E-state index is 13.6. The number of benzene rings is 4. The van der Waals surface area contributed by atoms with Crippen LogP contribution in [0.4, 0.5) is 0 Å². The summed E-state index contributed by atoms with van der Waals surface area (Å²) < 4.78 is 1.89. The van der Waals surface area contributed by atoms with Gasteiger partial charge in [0.05, 0.1) is 41.8 Å². The molecule has 0 atom stereocenters. The van der Waals surface area contributed by atoms with Crippen molar-refractivity contribution in [2.45, 2.75) is 13.1 Å². The molecule has 0 spiro atoms. The lowest BCUT2D eigenvalue weighted by Gasteiger charge is -2.24. The Balaban J connectivity index is 1.54.